The second-order valence-electron chi connectivity index (χ2n) is 19.6. The fourth-order valence-corrected chi connectivity index (χ4v) is 13.3. The number of hydrogen-bond acceptors (Lipinski definition) is 13. The SMILES string of the molecule is COC(=O)CC12CCC(C(=O)N3C[C@]4(COC(c5ccccc5)(c5ccc(OC)cc5)c5ccc(OC)cc5)O[C@@H](n5cc(C)c(=O)[nH]c5=O)C3C4OP(OCCC#N)N(C(C)C)C(C)C)(CC1)C2. The Hall–Kier alpha value is -5.40. The minimum absolute atomic E-state index is 0.0152. The quantitative estimate of drug-likeness (QED) is 0.0398. The number of aromatic nitrogens is 2. The smallest absolute Gasteiger partial charge is 0.330 e. The van der Waals surface area contributed by atoms with E-state index in [9.17, 15) is 19.6 Å². The highest BCUT2D eigenvalue weighted by Gasteiger charge is 2.71. The van der Waals surface area contributed by atoms with Crippen molar-refractivity contribution in [3.05, 3.63) is 128 Å². The molecule has 4 fully saturated rings. The number of nitriles is 1. The number of nitrogens with one attached hydrogen (secondary N) is 1. The Bertz CT molecular complexity index is 2570. The predicted molar refractivity (Wildman–Crippen MR) is 257 cm³/mol. The van der Waals surface area contributed by atoms with Gasteiger partial charge in [0.2, 0.25) is 5.91 Å². The van der Waals surface area contributed by atoms with Gasteiger partial charge in [-0.05, 0) is 113 Å². The number of benzene rings is 3. The van der Waals surface area contributed by atoms with Crippen molar-refractivity contribution in [2.45, 2.75) is 121 Å². The molecule has 2 aliphatic heterocycles. The topological polar surface area (TPSA) is 184 Å². The van der Waals surface area contributed by atoms with Crippen molar-refractivity contribution < 1.29 is 42.3 Å². The maximum absolute atomic E-state index is 15.8. The lowest BCUT2D eigenvalue weighted by molar-refractivity contribution is -0.186. The van der Waals surface area contributed by atoms with Crippen molar-refractivity contribution >= 4 is 20.4 Å². The zero-order valence-electron chi connectivity index (χ0n) is 40.8. The fourth-order valence-electron chi connectivity index (χ4n) is 11.4. The van der Waals surface area contributed by atoms with E-state index in [4.69, 9.17) is 32.7 Å². The Morgan fingerprint density at radius 2 is 1.49 bits per heavy atom. The second-order valence-corrected chi connectivity index (χ2v) is 21.0. The summed E-state index contributed by atoms with van der Waals surface area (Å²) in [5.41, 5.74) is -2.62. The predicted octanol–water partition coefficient (Wildman–Crippen LogP) is 7.52. The summed E-state index contributed by atoms with van der Waals surface area (Å²) in [5, 5.41) is 9.65. The summed E-state index contributed by atoms with van der Waals surface area (Å²) < 4.78 is 48.7. The average Bonchev–Trinajstić information content (AvgIpc) is 4.08. The molecule has 17 heteroatoms. The van der Waals surface area contributed by atoms with E-state index in [2.05, 4.69) is 15.7 Å². The number of nitrogens with zero attached hydrogens (tertiary/aromatic N) is 4. The Balaban J connectivity index is 1.32. The highest BCUT2D eigenvalue weighted by molar-refractivity contribution is 7.44. The first-order valence-corrected chi connectivity index (χ1v) is 24.8. The van der Waals surface area contributed by atoms with E-state index in [0.29, 0.717) is 43.6 Å². The molecular formula is C52H64N5O11P. The van der Waals surface area contributed by atoms with Crippen LogP contribution in [0.15, 0.2) is 94.6 Å². The number of amides is 1. The number of esters is 1. The van der Waals surface area contributed by atoms with E-state index >= 15 is 4.79 Å². The molecular weight excluding hydrogens is 902 g/mol. The Morgan fingerprint density at radius 3 is 2.04 bits per heavy atom. The Morgan fingerprint density at radius 1 is 0.899 bits per heavy atom. The molecule has 3 unspecified atom stereocenters. The zero-order chi connectivity index (χ0) is 49.3. The van der Waals surface area contributed by atoms with Crippen LogP contribution in [0.4, 0.5) is 0 Å². The summed E-state index contributed by atoms with van der Waals surface area (Å²) in [5.74, 6) is 0.884. The van der Waals surface area contributed by atoms with E-state index in [0.717, 1.165) is 16.7 Å². The fraction of sp³-hybridized carbons (Fsp3) is 0.519. The third-order valence-electron chi connectivity index (χ3n) is 14.7. The number of aryl methyl sites for hydroxylation is 1. The van der Waals surface area contributed by atoms with Gasteiger partial charge in [-0.25, -0.2) is 9.46 Å². The standard InChI is InChI=1S/C52H64N5O11P/c1-34(2)57(35(3)4)69(66-28-12-27-53)68-44-43-46(55-30-36(5)45(59)54-48(55)61)67-51(44,32-56(43)47(60)50-25-23-49(31-50,24-26-50)29-42(58)64-8)33-65-52(37-13-10-9-11-14-37,38-15-19-40(62-6)20-16-38)39-17-21-41(63-7)22-18-39/h9-11,13-22,30,34-35,43-44,46H,12,23-26,28-29,31-33H2,1-8H3,(H,54,59,61)/t43?,44?,46-,49?,50?,51-,69?/m1/s1. The van der Waals surface area contributed by atoms with Gasteiger partial charge in [0.15, 0.2) is 6.23 Å². The molecule has 16 nitrogen and oxygen atoms in total. The van der Waals surface area contributed by atoms with Gasteiger partial charge < -0.3 is 37.6 Å². The van der Waals surface area contributed by atoms with E-state index in [1.165, 1.54) is 17.9 Å². The molecule has 3 heterocycles. The highest BCUT2D eigenvalue weighted by atomic mass is 31.2. The number of morpholine rings is 1. The van der Waals surface area contributed by atoms with Crippen LogP contribution in [-0.4, -0.2) is 102 Å². The van der Waals surface area contributed by atoms with Crippen molar-refractivity contribution in [1.29, 1.82) is 5.26 Å². The van der Waals surface area contributed by atoms with Crippen LogP contribution in [0.2, 0.25) is 0 Å². The molecule has 4 aromatic rings. The molecule has 1 amide bonds. The largest absolute Gasteiger partial charge is 0.497 e. The van der Waals surface area contributed by atoms with Crippen LogP contribution in [0.25, 0.3) is 0 Å². The van der Waals surface area contributed by atoms with Crippen LogP contribution in [0, 0.1) is 29.1 Å². The lowest BCUT2D eigenvalue weighted by Crippen LogP contribution is -2.55. The number of H-pyrrole nitrogens is 1. The molecule has 2 aliphatic carbocycles. The first-order valence-electron chi connectivity index (χ1n) is 23.7. The number of ether oxygens (including phenoxy) is 5. The van der Waals surface area contributed by atoms with Crippen molar-refractivity contribution in [1.82, 2.24) is 19.1 Å². The summed E-state index contributed by atoms with van der Waals surface area (Å²) >= 11 is 0. The van der Waals surface area contributed by atoms with E-state index in [1.807, 2.05) is 111 Å². The minimum Gasteiger partial charge on any atom is -0.497 e. The highest BCUT2D eigenvalue weighted by Crippen LogP contribution is 2.65. The maximum atomic E-state index is 15.8. The third-order valence-corrected chi connectivity index (χ3v) is 16.8. The summed E-state index contributed by atoms with van der Waals surface area (Å²) in [7, 11) is 2.66. The van der Waals surface area contributed by atoms with E-state index in [1.54, 1.807) is 21.1 Å². The number of likely N-dealkylation sites (tertiary alicyclic amines) is 1. The van der Waals surface area contributed by atoms with Crippen molar-refractivity contribution in [2.75, 3.05) is 41.1 Å². The van der Waals surface area contributed by atoms with E-state index < -0.39 is 54.8 Å². The van der Waals surface area contributed by atoms with Crippen molar-refractivity contribution in [2.24, 2.45) is 10.8 Å². The van der Waals surface area contributed by atoms with Crippen molar-refractivity contribution in [3.63, 3.8) is 0 Å². The van der Waals surface area contributed by atoms with Crippen LogP contribution < -0.4 is 20.7 Å². The van der Waals surface area contributed by atoms with Gasteiger partial charge in [0.25, 0.3) is 14.1 Å². The number of rotatable bonds is 20. The number of carbonyl (C=O) groups excluding carboxylic acids is 2. The molecule has 1 aromatic heterocycles. The summed E-state index contributed by atoms with van der Waals surface area (Å²) in [4.78, 5) is 59.9. The van der Waals surface area contributed by atoms with Gasteiger partial charge in [-0.3, -0.25) is 23.9 Å². The summed E-state index contributed by atoms with van der Waals surface area (Å²) in [6.07, 6.45) is 2.72. The molecule has 0 spiro atoms. The zero-order valence-corrected chi connectivity index (χ0v) is 41.7. The van der Waals surface area contributed by atoms with Crippen LogP contribution in [-0.2, 0) is 38.4 Å². The Kier molecular flexibility index (Phi) is 14.6. The van der Waals surface area contributed by atoms with Crippen LogP contribution in [0.5, 0.6) is 11.5 Å². The normalized spacial score (nSPS) is 25.4. The number of fused-ring (bicyclic) bond motifs is 4. The van der Waals surface area contributed by atoms with Crippen molar-refractivity contribution in [3.8, 4) is 17.6 Å². The number of hydrogen-bond donors (Lipinski definition) is 1. The molecule has 8 rings (SSSR count). The molecule has 5 atom stereocenters. The molecule has 4 aliphatic rings. The summed E-state index contributed by atoms with van der Waals surface area (Å²) in [6.45, 7) is 9.71. The second kappa shape index (κ2) is 20.1. The lowest BCUT2D eigenvalue weighted by Gasteiger charge is -2.43. The van der Waals surface area contributed by atoms with E-state index in [-0.39, 0.29) is 67.5 Å². The minimum atomic E-state index is -1.95. The molecule has 368 valence electrons. The molecule has 4 bridgehead atoms. The average molecular weight is 966 g/mol. The van der Waals surface area contributed by atoms with Gasteiger partial charge in [-0.1, -0.05) is 54.6 Å². The first kappa shape index (κ1) is 50.0. The Labute approximate surface area is 404 Å². The number of carbonyl (C=O) groups is 2. The van der Waals surface area contributed by atoms with Crippen LogP contribution >= 0.6 is 8.53 Å². The van der Waals surface area contributed by atoms with Gasteiger partial charge >= 0.3 is 11.7 Å². The molecule has 1 N–H and O–H groups in total. The van der Waals surface area contributed by atoms with Crippen LogP contribution in [0.3, 0.4) is 0 Å². The number of methoxy groups -OCH3 is 3. The van der Waals surface area contributed by atoms with Gasteiger partial charge in [0.05, 0.1) is 60.0 Å². The molecule has 2 saturated carbocycles. The lowest BCUT2D eigenvalue weighted by atomic mass is 9.79. The first-order chi connectivity index (χ1) is 33.1. The van der Waals surface area contributed by atoms with Gasteiger partial charge in [-0.15, -0.1) is 0 Å². The monoisotopic (exact) mass is 965 g/mol. The van der Waals surface area contributed by atoms with Gasteiger partial charge in [0.1, 0.15) is 34.8 Å². The summed E-state index contributed by atoms with van der Waals surface area (Å²) in [6, 6.07) is 26.3. The van der Waals surface area contributed by atoms with Crippen LogP contribution in [0.1, 0.15) is 101 Å². The molecule has 2 saturated heterocycles. The molecule has 69 heavy (non-hydrogen) atoms. The van der Waals surface area contributed by atoms with Gasteiger partial charge in [0, 0.05) is 29.3 Å². The number of aromatic amines is 1. The third kappa shape index (κ3) is 9.26. The molecule has 0 radical (unpaired) electrons. The maximum Gasteiger partial charge on any atom is 0.330 e. The van der Waals surface area contributed by atoms with Gasteiger partial charge in [-0.2, -0.15) is 5.26 Å². The molecule has 3 aromatic carbocycles.